The van der Waals surface area contributed by atoms with Gasteiger partial charge in [0.1, 0.15) is 0 Å². The number of nitrogens with zero attached hydrogens (tertiary/aromatic N) is 3. The summed E-state index contributed by atoms with van der Waals surface area (Å²) in [6.07, 6.45) is -0.362. The first-order chi connectivity index (χ1) is 24.5. The molecule has 4 heterocycles. The Balaban J connectivity index is 1.09. The molecule has 0 saturated carbocycles. The minimum absolute atomic E-state index is 0.0835. The third kappa shape index (κ3) is 5.37. The highest BCUT2D eigenvalue weighted by molar-refractivity contribution is 6.72. The van der Waals surface area contributed by atoms with Crippen molar-refractivity contribution in [1.29, 1.82) is 0 Å². The summed E-state index contributed by atoms with van der Waals surface area (Å²) in [6, 6.07) is 29.8. The predicted octanol–water partition coefficient (Wildman–Crippen LogP) is 5.98. The van der Waals surface area contributed by atoms with Gasteiger partial charge in [0.15, 0.2) is 5.60 Å². The Morgan fingerprint density at radius 1 is 0.961 bits per heavy atom. The molecule has 9 nitrogen and oxygen atoms in total. The van der Waals surface area contributed by atoms with Crippen molar-refractivity contribution in [3.05, 3.63) is 130 Å². The first-order valence-electron chi connectivity index (χ1n) is 17.6. The van der Waals surface area contributed by atoms with Gasteiger partial charge >= 0.3 is 0 Å². The van der Waals surface area contributed by atoms with Crippen LogP contribution in [0, 0.1) is 5.92 Å². The average Bonchev–Trinajstić information content (AvgIpc) is 3.71. The largest absolute Gasteiger partial charge is 0.394 e. The van der Waals surface area contributed by atoms with Crippen LogP contribution in [-0.2, 0) is 39.4 Å². The van der Waals surface area contributed by atoms with Crippen molar-refractivity contribution in [3.63, 3.8) is 0 Å². The topological polar surface area (TPSA) is 108 Å². The Bertz CT molecular complexity index is 2210. The molecule has 0 radical (unpaired) electrons. The van der Waals surface area contributed by atoms with Gasteiger partial charge in [-0.3, -0.25) is 19.5 Å². The van der Waals surface area contributed by atoms with Crippen molar-refractivity contribution >= 4 is 36.8 Å². The molecular formula is C40H41FN4O5Si. The second-order valence-electron chi connectivity index (χ2n) is 14.7. The van der Waals surface area contributed by atoms with Crippen LogP contribution >= 0.6 is 0 Å². The van der Waals surface area contributed by atoms with Crippen LogP contribution in [0.3, 0.4) is 0 Å². The molecule has 8 rings (SSSR count). The fraction of sp³-hybridized carbons (Fsp3) is 0.325. The van der Waals surface area contributed by atoms with E-state index in [1.165, 1.54) is 4.68 Å². The predicted molar refractivity (Wildman–Crippen MR) is 196 cm³/mol. The number of carbonyl (C=O) groups excluding carboxylic acids is 2. The smallest absolute Gasteiger partial charge is 0.279 e. The van der Waals surface area contributed by atoms with Crippen molar-refractivity contribution < 1.29 is 23.5 Å². The highest BCUT2D eigenvalue weighted by Gasteiger charge is 2.67. The molecule has 4 aromatic carbocycles. The lowest BCUT2D eigenvalue weighted by Crippen LogP contribution is -2.48. The van der Waals surface area contributed by atoms with Crippen LogP contribution in [0.5, 0.6) is 0 Å². The number of hydrogen-bond acceptors (Lipinski definition) is 5. The first-order valence-corrected chi connectivity index (χ1v) is 20.5. The summed E-state index contributed by atoms with van der Waals surface area (Å²) in [5.74, 6) is -1.02. The molecule has 1 aromatic heterocycles. The third-order valence-corrected chi connectivity index (χ3v) is 13.7. The number of hydrogen-bond donors (Lipinski definition) is 2. The van der Waals surface area contributed by atoms with Crippen molar-refractivity contribution in [2.24, 2.45) is 5.92 Å². The van der Waals surface area contributed by atoms with Crippen LogP contribution in [0.25, 0.3) is 16.6 Å². The van der Waals surface area contributed by atoms with E-state index in [2.05, 4.69) is 5.10 Å². The summed E-state index contributed by atoms with van der Waals surface area (Å²) in [6.45, 7) is 5.57. The summed E-state index contributed by atoms with van der Waals surface area (Å²) >= 11 is 0. The van der Waals surface area contributed by atoms with Gasteiger partial charge in [0.05, 0.1) is 54.0 Å². The van der Waals surface area contributed by atoms with Gasteiger partial charge in [-0.25, -0.2) is 4.68 Å². The van der Waals surface area contributed by atoms with E-state index in [4.69, 9.17) is 4.74 Å². The molecule has 5 aromatic rings. The minimum Gasteiger partial charge on any atom is -0.394 e. The molecule has 11 heteroatoms. The Morgan fingerprint density at radius 3 is 2.37 bits per heavy atom. The van der Waals surface area contributed by atoms with Gasteiger partial charge in [-0.2, -0.15) is 0 Å². The average molecular weight is 705 g/mol. The molecule has 3 aliphatic heterocycles. The molecule has 2 amide bonds. The van der Waals surface area contributed by atoms with Crippen LogP contribution < -0.4 is 10.5 Å². The lowest BCUT2D eigenvalue weighted by Gasteiger charge is -2.37. The normalized spacial score (nSPS) is 24.4. The number of aromatic amines is 1. The Hall–Kier alpha value is -4.84. The number of aliphatic hydroxyl groups excluding tert-OH is 1. The number of para-hydroxylation sites is 2. The summed E-state index contributed by atoms with van der Waals surface area (Å²) in [7, 11) is -3.49. The lowest BCUT2D eigenvalue weighted by molar-refractivity contribution is -0.151. The molecule has 51 heavy (non-hydrogen) atoms. The van der Waals surface area contributed by atoms with Crippen LogP contribution in [0.4, 0.5) is 9.80 Å². The summed E-state index contributed by atoms with van der Waals surface area (Å²) < 4.78 is 24.8. The number of halogens is 1. The number of aliphatic hydroxyl groups is 1. The van der Waals surface area contributed by atoms with Gasteiger partial charge in [-0.05, 0) is 66.5 Å². The van der Waals surface area contributed by atoms with Crippen LogP contribution in [0.1, 0.15) is 35.6 Å². The highest BCUT2D eigenvalue weighted by Crippen LogP contribution is 2.60. The van der Waals surface area contributed by atoms with Gasteiger partial charge in [0.25, 0.3) is 11.5 Å². The number of benzene rings is 4. The van der Waals surface area contributed by atoms with E-state index >= 15 is 4.11 Å². The zero-order valence-electron chi connectivity index (χ0n) is 28.9. The Morgan fingerprint density at radius 2 is 1.65 bits per heavy atom. The molecule has 2 N–H and O–H groups in total. The Labute approximate surface area is 296 Å². The van der Waals surface area contributed by atoms with Gasteiger partial charge in [0, 0.05) is 23.6 Å². The molecule has 0 aliphatic carbocycles. The number of ether oxygens (including phenoxy) is 1. The van der Waals surface area contributed by atoms with Crippen LogP contribution in [-0.4, -0.2) is 58.8 Å². The Kier molecular flexibility index (Phi) is 8.12. The molecule has 1 spiro atoms. The molecule has 5 atom stereocenters. The van der Waals surface area contributed by atoms with E-state index in [0.717, 1.165) is 22.2 Å². The molecule has 0 unspecified atom stereocenters. The van der Waals surface area contributed by atoms with Crippen LogP contribution in [0.2, 0.25) is 18.6 Å². The second kappa shape index (κ2) is 12.4. The molecular weight excluding hydrogens is 664 g/mol. The SMILES string of the molecule is C[C@@H]1[C@@H]([Si](C)(C)F)[C@H](CC(=O)N2Cc3ccccc3C[C@H]2CO)O[C@@]12C(=O)N(Cc1ccc(-n3[nH]c4ccccc4c3=O)cc1)c1ccccc12. The number of amides is 2. The highest BCUT2D eigenvalue weighted by atomic mass is 28.4. The summed E-state index contributed by atoms with van der Waals surface area (Å²) in [4.78, 5) is 45.3. The zero-order valence-corrected chi connectivity index (χ0v) is 29.9. The van der Waals surface area contributed by atoms with Crippen LogP contribution in [0.15, 0.2) is 102 Å². The number of rotatable bonds is 7. The lowest BCUT2D eigenvalue weighted by atomic mass is 9.82. The number of aromatic nitrogens is 2. The van der Waals surface area contributed by atoms with E-state index in [-0.39, 0.29) is 43.0 Å². The first kappa shape index (κ1) is 33.3. The van der Waals surface area contributed by atoms with E-state index in [1.54, 1.807) is 29.0 Å². The molecule has 1 fully saturated rings. The monoisotopic (exact) mass is 704 g/mol. The summed E-state index contributed by atoms with van der Waals surface area (Å²) in [5, 5.41) is 14.0. The molecule has 262 valence electrons. The standard InChI is InChI=1S/C40H41FN4O5Si/c1-25-37(51(2,3)41)35(21-36(47)43-23-28-11-5-4-10-27(28)20-30(43)24-46)50-40(25)32-13-7-9-15-34(32)44(39(40)49)22-26-16-18-29(19-17-26)45-38(48)31-12-6-8-14-33(31)42-45/h4-19,25,30,35,37,42,46H,20-24H2,1-3H3/t25-,30+,35+,37-,40+/m1/s1. The van der Waals surface area contributed by atoms with Gasteiger partial charge in [0.2, 0.25) is 14.3 Å². The van der Waals surface area contributed by atoms with E-state index in [1.807, 2.05) is 97.9 Å². The van der Waals surface area contributed by atoms with Crippen molar-refractivity contribution in [3.8, 4) is 5.69 Å². The third-order valence-electron chi connectivity index (χ3n) is 11.3. The maximum atomic E-state index is 16.4. The number of nitrogens with one attached hydrogen (secondary N) is 1. The quantitative estimate of drug-likeness (QED) is 0.160. The fourth-order valence-electron chi connectivity index (χ4n) is 8.86. The second-order valence-corrected chi connectivity index (χ2v) is 18.5. The fourth-order valence-corrected chi connectivity index (χ4v) is 11.4. The van der Waals surface area contributed by atoms with Gasteiger partial charge in [-0.1, -0.05) is 73.7 Å². The number of anilines is 1. The van der Waals surface area contributed by atoms with Crippen molar-refractivity contribution in [2.75, 3.05) is 11.5 Å². The van der Waals surface area contributed by atoms with E-state index in [9.17, 15) is 19.5 Å². The number of H-pyrrole nitrogens is 1. The van der Waals surface area contributed by atoms with Gasteiger partial charge in [-0.15, -0.1) is 0 Å². The molecule has 3 aliphatic rings. The molecule has 0 bridgehead atoms. The van der Waals surface area contributed by atoms with Gasteiger partial charge < -0.3 is 23.8 Å². The van der Waals surface area contributed by atoms with E-state index < -0.39 is 31.6 Å². The maximum absolute atomic E-state index is 16.4. The minimum atomic E-state index is -3.49. The zero-order chi connectivity index (χ0) is 35.7. The van der Waals surface area contributed by atoms with Crippen molar-refractivity contribution in [2.45, 2.75) is 69.2 Å². The maximum Gasteiger partial charge on any atom is 0.279 e. The van der Waals surface area contributed by atoms with E-state index in [0.29, 0.717) is 35.3 Å². The summed E-state index contributed by atoms with van der Waals surface area (Å²) in [5.41, 5.74) is 3.55. The number of fused-ring (bicyclic) bond motifs is 4. The van der Waals surface area contributed by atoms with Crippen molar-refractivity contribution in [1.82, 2.24) is 14.7 Å². The number of carbonyl (C=O) groups is 2. The molecule has 1 saturated heterocycles.